The van der Waals surface area contributed by atoms with Crippen molar-refractivity contribution >= 4 is 91.3 Å². The molecule has 0 aliphatic carbocycles. The summed E-state index contributed by atoms with van der Waals surface area (Å²) >= 11 is 19.3. The Morgan fingerprint density at radius 3 is 2.32 bits per heavy atom. The van der Waals surface area contributed by atoms with Gasteiger partial charge in [0.1, 0.15) is 23.6 Å². The number of anilines is 6. The Hall–Kier alpha value is -7.08. The lowest BCUT2D eigenvalue weighted by atomic mass is 10.0. The van der Waals surface area contributed by atoms with Crippen LogP contribution >= 0.6 is 34.8 Å². The molecular weight excluding hydrogens is 892 g/mol. The van der Waals surface area contributed by atoms with E-state index in [1.54, 1.807) is 35.7 Å². The average molecular weight is 928 g/mol. The molecule has 9 aromatic rings. The number of pyridine rings is 2. The number of nitrogens with one attached hydrogen (secondary N) is 4. The Bertz CT molecular complexity index is 3210. The number of ether oxygens (including phenoxy) is 1. The largest absolute Gasteiger partial charge is 0.403 e. The highest BCUT2D eigenvalue weighted by Crippen LogP contribution is 2.34. The highest BCUT2D eigenvalue weighted by molar-refractivity contribution is 6.32. The fourth-order valence-electron chi connectivity index (χ4n) is 7.37. The van der Waals surface area contributed by atoms with Crippen LogP contribution < -0.4 is 26.1 Å². The Balaban J connectivity index is 0.962. The van der Waals surface area contributed by atoms with Crippen LogP contribution in [0.5, 0.6) is 0 Å². The van der Waals surface area contributed by atoms with Gasteiger partial charge in [-0.2, -0.15) is 0 Å². The smallest absolute Gasteiger partial charge is 0.315 e. The number of benzene rings is 4. The van der Waals surface area contributed by atoms with Gasteiger partial charge in [-0.1, -0.05) is 58.1 Å². The van der Waals surface area contributed by atoms with Gasteiger partial charge in [0.15, 0.2) is 10.7 Å². The lowest BCUT2D eigenvalue weighted by Gasteiger charge is -2.26. The summed E-state index contributed by atoms with van der Waals surface area (Å²) in [4.78, 5) is 25.1. The molecule has 6 heterocycles. The van der Waals surface area contributed by atoms with Gasteiger partial charge >= 0.3 is 6.01 Å². The van der Waals surface area contributed by atoms with Crippen molar-refractivity contribution in [3.63, 3.8) is 0 Å². The zero-order valence-electron chi connectivity index (χ0n) is 34.1. The van der Waals surface area contributed by atoms with Gasteiger partial charge in [0.25, 0.3) is 11.7 Å². The second-order valence-electron chi connectivity index (χ2n) is 15.0. The standard InChI is InChI=1S/C46H35Cl3FN13O2/c47-32-2-1-3-33(20-32)58-44-36-18-28(29-16-31(23-51-22-29)45-59-60-46(65-45)52-10-11-62-12-14-64-15-13-62)5-9-40(36)56-26-63(44)61-41-19-30(24-53-42(41)49)27-4-8-39-35(17-27)43(55-25-54-39)57-34-6-7-38(50)37(48)21-34/h1-9,16-26,61H,10-15H2,(H2,52,54,55,57,60)/p+1. The van der Waals surface area contributed by atoms with Crippen molar-refractivity contribution in [1.29, 1.82) is 0 Å². The summed E-state index contributed by atoms with van der Waals surface area (Å²) in [6.45, 7) is 4.79. The van der Waals surface area contributed by atoms with E-state index in [-0.39, 0.29) is 10.2 Å². The van der Waals surface area contributed by atoms with Gasteiger partial charge in [-0.15, -0.1) is 14.8 Å². The number of fused-ring (bicyclic) bond motifs is 2. The van der Waals surface area contributed by atoms with E-state index in [0.717, 1.165) is 71.6 Å². The molecule has 4 aromatic carbocycles. The minimum atomic E-state index is -0.514. The predicted molar refractivity (Wildman–Crippen MR) is 250 cm³/mol. The van der Waals surface area contributed by atoms with Gasteiger partial charge in [-0.3, -0.25) is 15.2 Å². The zero-order valence-corrected chi connectivity index (χ0v) is 36.4. The van der Waals surface area contributed by atoms with Crippen molar-refractivity contribution in [2.75, 3.05) is 60.8 Å². The van der Waals surface area contributed by atoms with Crippen molar-refractivity contribution in [2.45, 2.75) is 0 Å². The van der Waals surface area contributed by atoms with E-state index < -0.39 is 5.82 Å². The first kappa shape index (κ1) is 41.9. The molecule has 0 saturated carbocycles. The molecule has 0 atom stereocenters. The molecule has 65 heavy (non-hydrogen) atoms. The maximum absolute atomic E-state index is 13.9. The van der Waals surface area contributed by atoms with Gasteiger partial charge in [-0.25, -0.2) is 24.8 Å². The van der Waals surface area contributed by atoms with Crippen LogP contribution in [0.3, 0.4) is 0 Å². The monoisotopic (exact) mass is 926 g/mol. The molecule has 0 amide bonds. The third-order valence-corrected chi connectivity index (χ3v) is 11.5. The summed E-state index contributed by atoms with van der Waals surface area (Å²) in [5, 5.41) is 20.8. The number of aromatic nitrogens is 8. The molecule has 0 bridgehead atoms. The molecule has 15 nitrogen and oxygen atoms in total. The first-order valence-electron chi connectivity index (χ1n) is 20.4. The molecule has 1 fully saturated rings. The van der Waals surface area contributed by atoms with Crippen molar-refractivity contribution in [3.05, 3.63) is 143 Å². The first-order valence-corrected chi connectivity index (χ1v) is 21.5. The van der Waals surface area contributed by atoms with Crippen LogP contribution in [0.4, 0.5) is 39.1 Å². The van der Waals surface area contributed by atoms with E-state index in [4.69, 9.17) is 48.9 Å². The molecule has 4 N–H and O–H groups in total. The lowest BCUT2D eigenvalue weighted by Crippen LogP contribution is -2.45. The van der Waals surface area contributed by atoms with Crippen LogP contribution in [0, 0.1) is 5.82 Å². The van der Waals surface area contributed by atoms with Gasteiger partial charge in [0.2, 0.25) is 6.33 Å². The predicted octanol–water partition coefficient (Wildman–Crippen LogP) is 9.85. The number of halogens is 4. The second kappa shape index (κ2) is 18.6. The van der Waals surface area contributed by atoms with Crippen molar-refractivity contribution < 1.29 is 18.2 Å². The molecule has 1 aliphatic rings. The van der Waals surface area contributed by atoms with Crippen molar-refractivity contribution in [3.8, 4) is 33.7 Å². The molecule has 1 saturated heterocycles. The van der Waals surface area contributed by atoms with E-state index in [1.165, 1.54) is 18.5 Å². The fraction of sp³-hybridized carbons (Fsp3) is 0.130. The summed E-state index contributed by atoms with van der Waals surface area (Å²) in [5.41, 5.74) is 10.6. The number of hydrogen-bond donors (Lipinski definition) is 4. The average Bonchev–Trinajstić information content (AvgIpc) is 3.81. The summed E-state index contributed by atoms with van der Waals surface area (Å²) in [7, 11) is 0. The van der Waals surface area contributed by atoms with Crippen LogP contribution in [-0.4, -0.2) is 79.4 Å². The van der Waals surface area contributed by atoms with Crippen LogP contribution in [-0.2, 0) is 4.74 Å². The minimum Gasteiger partial charge on any atom is -0.403 e. The third-order valence-electron chi connectivity index (χ3n) is 10.7. The Morgan fingerprint density at radius 1 is 0.708 bits per heavy atom. The van der Waals surface area contributed by atoms with Crippen LogP contribution in [0.15, 0.2) is 127 Å². The maximum Gasteiger partial charge on any atom is 0.315 e. The normalized spacial score (nSPS) is 13.0. The first-order chi connectivity index (χ1) is 31.8. The topological polar surface area (TPSA) is 168 Å². The zero-order chi connectivity index (χ0) is 44.3. The molecule has 1 aliphatic heterocycles. The van der Waals surface area contributed by atoms with E-state index in [2.05, 4.69) is 56.4 Å². The van der Waals surface area contributed by atoms with Gasteiger partial charge < -0.3 is 19.8 Å². The molecule has 19 heteroatoms. The number of hydrogen-bond acceptors (Lipinski definition) is 14. The maximum atomic E-state index is 13.9. The van der Waals surface area contributed by atoms with Gasteiger partial charge in [0, 0.05) is 72.0 Å². The summed E-state index contributed by atoms with van der Waals surface area (Å²) < 4.78 is 27.1. The van der Waals surface area contributed by atoms with E-state index in [0.29, 0.717) is 63.1 Å². The van der Waals surface area contributed by atoms with E-state index in [1.807, 2.05) is 72.8 Å². The molecule has 0 unspecified atom stereocenters. The lowest BCUT2D eigenvalue weighted by molar-refractivity contribution is -0.629. The van der Waals surface area contributed by atoms with Gasteiger partial charge in [-0.05, 0) is 83.9 Å². The summed E-state index contributed by atoms with van der Waals surface area (Å²) in [6, 6.07) is 27.7. The second-order valence-corrected chi connectivity index (χ2v) is 16.2. The number of rotatable bonds is 13. The number of nitrogens with zero attached hydrogens (tertiary/aromatic N) is 9. The molecule has 0 spiro atoms. The molecule has 324 valence electrons. The van der Waals surface area contributed by atoms with Crippen LogP contribution in [0.2, 0.25) is 15.2 Å². The molecule has 0 radical (unpaired) electrons. The Kier molecular flexibility index (Phi) is 12.0. The quantitative estimate of drug-likeness (QED) is 0.0637. The Morgan fingerprint density at radius 2 is 1.49 bits per heavy atom. The van der Waals surface area contributed by atoms with Crippen LogP contribution in [0.25, 0.3) is 55.5 Å². The third kappa shape index (κ3) is 9.43. The molecule has 10 rings (SSSR count). The van der Waals surface area contributed by atoms with Gasteiger partial charge in [0.05, 0.1) is 40.4 Å². The fourth-order valence-corrected chi connectivity index (χ4v) is 7.89. The van der Waals surface area contributed by atoms with Crippen molar-refractivity contribution in [1.82, 2.24) is 40.0 Å². The summed E-state index contributed by atoms with van der Waals surface area (Å²) in [5.74, 6) is 0.982. The number of morpholine rings is 1. The highest BCUT2D eigenvalue weighted by Gasteiger charge is 2.20. The molecule has 5 aromatic heterocycles. The highest BCUT2D eigenvalue weighted by atomic mass is 35.5. The van der Waals surface area contributed by atoms with Crippen molar-refractivity contribution in [2.24, 2.45) is 0 Å². The molecular formula is C46H36Cl3FN13O2+. The van der Waals surface area contributed by atoms with E-state index in [9.17, 15) is 4.39 Å². The Labute approximate surface area is 385 Å². The minimum absolute atomic E-state index is 0.00559. The SMILES string of the molecule is Fc1ccc(Nc2ncnc3ccc(-c4cnc(Cl)c(N[n+]5cnc6ccc(-c7cncc(-c8nnc(NCCN9CCOCC9)o8)c7)cc6c5Nc5cccc(Cl)c5)c4)cc23)cc1Cl. The summed E-state index contributed by atoms with van der Waals surface area (Å²) in [6.07, 6.45) is 8.28. The van der Waals surface area contributed by atoms with E-state index >= 15 is 0 Å². The van der Waals surface area contributed by atoms with Crippen LogP contribution in [0.1, 0.15) is 0 Å².